The summed E-state index contributed by atoms with van der Waals surface area (Å²) < 4.78 is 5.00. The molecular formula is C14H15N3O2. The van der Waals surface area contributed by atoms with Gasteiger partial charge in [-0.3, -0.25) is 10.1 Å². The molecule has 0 saturated carbocycles. The van der Waals surface area contributed by atoms with E-state index in [9.17, 15) is 4.79 Å². The summed E-state index contributed by atoms with van der Waals surface area (Å²) in [7, 11) is 0. The SMILES string of the molecule is Cc1cc(NC(=O)C2NCCc3ccccc32)on1. The zero-order chi connectivity index (χ0) is 13.2. The monoisotopic (exact) mass is 257 g/mol. The lowest BCUT2D eigenvalue weighted by Gasteiger charge is -2.25. The summed E-state index contributed by atoms with van der Waals surface area (Å²) in [5, 5.41) is 9.72. The number of aromatic nitrogens is 1. The van der Waals surface area contributed by atoms with E-state index in [1.54, 1.807) is 6.07 Å². The van der Waals surface area contributed by atoms with E-state index in [-0.39, 0.29) is 11.9 Å². The van der Waals surface area contributed by atoms with Gasteiger partial charge >= 0.3 is 0 Å². The maximum absolute atomic E-state index is 12.3. The van der Waals surface area contributed by atoms with Gasteiger partial charge in [-0.15, -0.1) is 0 Å². The van der Waals surface area contributed by atoms with Gasteiger partial charge in [-0.25, -0.2) is 0 Å². The van der Waals surface area contributed by atoms with E-state index in [0.717, 1.165) is 24.2 Å². The standard InChI is InChI=1S/C14H15N3O2/c1-9-8-12(19-17-9)16-14(18)13-11-5-3-2-4-10(11)6-7-15-13/h2-5,8,13,15H,6-7H2,1H3,(H,16,18). The third kappa shape index (κ3) is 2.37. The number of carbonyl (C=O) groups excluding carboxylic acids is 1. The first kappa shape index (κ1) is 11.9. The molecule has 1 unspecified atom stereocenters. The van der Waals surface area contributed by atoms with Gasteiger partial charge in [0.15, 0.2) is 0 Å². The molecular weight excluding hydrogens is 242 g/mol. The molecule has 1 aliphatic heterocycles. The Morgan fingerprint density at radius 2 is 2.32 bits per heavy atom. The summed E-state index contributed by atoms with van der Waals surface area (Å²) in [6.07, 6.45) is 0.946. The Labute approximate surface area is 111 Å². The average molecular weight is 257 g/mol. The molecule has 1 atom stereocenters. The van der Waals surface area contributed by atoms with Crippen LogP contribution in [0.1, 0.15) is 22.9 Å². The van der Waals surface area contributed by atoms with Crippen LogP contribution in [0.3, 0.4) is 0 Å². The first-order chi connectivity index (χ1) is 9.24. The van der Waals surface area contributed by atoms with Crippen LogP contribution in [0.15, 0.2) is 34.9 Å². The van der Waals surface area contributed by atoms with Crippen LogP contribution in [0.4, 0.5) is 5.88 Å². The fourth-order valence-corrected chi connectivity index (χ4v) is 2.35. The third-order valence-electron chi connectivity index (χ3n) is 3.25. The lowest BCUT2D eigenvalue weighted by atomic mass is 9.94. The quantitative estimate of drug-likeness (QED) is 0.861. The number of anilines is 1. The molecule has 3 rings (SSSR count). The minimum Gasteiger partial charge on any atom is -0.338 e. The number of amides is 1. The molecule has 0 saturated heterocycles. The number of carbonyl (C=O) groups is 1. The maximum Gasteiger partial charge on any atom is 0.248 e. The average Bonchev–Trinajstić information content (AvgIpc) is 2.83. The van der Waals surface area contributed by atoms with Crippen LogP contribution in [0.25, 0.3) is 0 Å². The van der Waals surface area contributed by atoms with Gasteiger partial charge < -0.3 is 9.84 Å². The number of fused-ring (bicyclic) bond motifs is 1. The van der Waals surface area contributed by atoms with Crippen molar-refractivity contribution in [2.24, 2.45) is 0 Å². The van der Waals surface area contributed by atoms with Gasteiger partial charge in [0.05, 0.1) is 5.69 Å². The van der Waals surface area contributed by atoms with Gasteiger partial charge in [0.25, 0.3) is 0 Å². The fraction of sp³-hybridized carbons (Fsp3) is 0.286. The molecule has 1 amide bonds. The molecule has 0 spiro atoms. The molecule has 1 aliphatic rings. The molecule has 5 heteroatoms. The molecule has 2 N–H and O–H groups in total. The topological polar surface area (TPSA) is 67.2 Å². The minimum absolute atomic E-state index is 0.122. The first-order valence-corrected chi connectivity index (χ1v) is 6.29. The maximum atomic E-state index is 12.3. The third-order valence-corrected chi connectivity index (χ3v) is 3.25. The second-order valence-corrected chi connectivity index (χ2v) is 4.66. The summed E-state index contributed by atoms with van der Waals surface area (Å²) >= 11 is 0. The number of nitrogens with one attached hydrogen (secondary N) is 2. The highest BCUT2D eigenvalue weighted by molar-refractivity contribution is 5.94. The Bertz CT molecular complexity index is 606. The number of rotatable bonds is 2. The molecule has 2 aromatic rings. The minimum atomic E-state index is -0.338. The van der Waals surface area contributed by atoms with Gasteiger partial charge in [-0.05, 0) is 24.5 Å². The predicted octanol–water partition coefficient (Wildman–Crippen LogP) is 1.81. The molecule has 98 valence electrons. The normalized spacial score (nSPS) is 17.8. The van der Waals surface area contributed by atoms with Crippen LogP contribution in [0, 0.1) is 6.92 Å². The fourth-order valence-electron chi connectivity index (χ4n) is 2.35. The van der Waals surface area contributed by atoms with Gasteiger partial charge in [0.1, 0.15) is 6.04 Å². The highest BCUT2D eigenvalue weighted by atomic mass is 16.5. The van der Waals surface area contributed by atoms with Crippen molar-refractivity contribution < 1.29 is 9.32 Å². The van der Waals surface area contributed by atoms with E-state index in [2.05, 4.69) is 21.9 Å². The van der Waals surface area contributed by atoms with E-state index in [0.29, 0.717) is 5.88 Å². The molecule has 0 aliphatic carbocycles. The van der Waals surface area contributed by atoms with Crippen molar-refractivity contribution in [3.63, 3.8) is 0 Å². The van der Waals surface area contributed by atoms with E-state index < -0.39 is 0 Å². The molecule has 0 radical (unpaired) electrons. The molecule has 2 heterocycles. The van der Waals surface area contributed by atoms with Gasteiger partial charge in [-0.2, -0.15) is 0 Å². The van der Waals surface area contributed by atoms with Crippen molar-refractivity contribution in [3.05, 3.63) is 47.2 Å². The second kappa shape index (κ2) is 4.85. The van der Waals surface area contributed by atoms with Gasteiger partial charge in [0, 0.05) is 12.6 Å². The first-order valence-electron chi connectivity index (χ1n) is 6.29. The zero-order valence-corrected chi connectivity index (χ0v) is 10.6. The molecule has 0 fully saturated rings. The molecule has 1 aromatic carbocycles. The number of nitrogens with zero attached hydrogens (tertiary/aromatic N) is 1. The summed E-state index contributed by atoms with van der Waals surface area (Å²) in [6.45, 7) is 2.61. The highest BCUT2D eigenvalue weighted by Crippen LogP contribution is 2.24. The van der Waals surface area contributed by atoms with E-state index in [4.69, 9.17) is 4.52 Å². The molecule has 0 bridgehead atoms. The Morgan fingerprint density at radius 1 is 1.47 bits per heavy atom. The molecule has 5 nitrogen and oxygen atoms in total. The van der Waals surface area contributed by atoms with E-state index in [1.807, 2.05) is 25.1 Å². The Morgan fingerprint density at radius 3 is 3.11 bits per heavy atom. The largest absolute Gasteiger partial charge is 0.338 e. The van der Waals surface area contributed by atoms with E-state index >= 15 is 0 Å². The van der Waals surface area contributed by atoms with Crippen molar-refractivity contribution in [1.29, 1.82) is 0 Å². The Kier molecular flexibility index (Phi) is 3.05. The zero-order valence-electron chi connectivity index (χ0n) is 10.6. The second-order valence-electron chi connectivity index (χ2n) is 4.66. The lowest BCUT2D eigenvalue weighted by molar-refractivity contribution is -0.118. The summed E-state index contributed by atoms with van der Waals surface area (Å²) in [4.78, 5) is 12.3. The van der Waals surface area contributed by atoms with Crippen LogP contribution in [-0.4, -0.2) is 17.6 Å². The van der Waals surface area contributed by atoms with Crippen LogP contribution in [-0.2, 0) is 11.2 Å². The molecule has 19 heavy (non-hydrogen) atoms. The molecule has 1 aromatic heterocycles. The Balaban J connectivity index is 1.81. The lowest BCUT2D eigenvalue weighted by Crippen LogP contribution is -2.38. The van der Waals surface area contributed by atoms with Crippen molar-refractivity contribution in [3.8, 4) is 0 Å². The number of hydrogen-bond acceptors (Lipinski definition) is 4. The van der Waals surface area contributed by atoms with Crippen LogP contribution < -0.4 is 10.6 Å². The summed E-state index contributed by atoms with van der Waals surface area (Å²) in [5.74, 6) is 0.260. The smallest absolute Gasteiger partial charge is 0.248 e. The number of hydrogen-bond donors (Lipinski definition) is 2. The Hall–Kier alpha value is -2.14. The number of aryl methyl sites for hydroxylation is 1. The highest BCUT2D eigenvalue weighted by Gasteiger charge is 2.26. The van der Waals surface area contributed by atoms with Gasteiger partial charge in [-0.1, -0.05) is 29.4 Å². The van der Waals surface area contributed by atoms with Crippen molar-refractivity contribution in [2.75, 3.05) is 11.9 Å². The number of benzene rings is 1. The van der Waals surface area contributed by atoms with Crippen molar-refractivity contribution in [1.82, 2.24) is 10.5 Å². The van der Waals surface area contributed by atoms with Crippen LogP contribution in [0.5, 0.6) is 0 Å². The predicted molar refractivity (Wildman–Crippen MR) is 70.8 cm³/mol. The van der Waals surface area contributed by atoms with Crippen molar-refractivity contribution in [2.45, 2.75) is 19.4 Å². The van der Waals surface area contributed by atoms with Crippen molar-refractivity contribution >= 4 is 11.8 Å². The van der Waals surface area contributed by atoms with Crippen LogP contribution in [0.2, 0.25) is 0 Å². The van der Waals surface area contributed by atoms with E-state index in [1.165, 1.54) is 5.56 Å². The summed E-state index contributed by atoms with van der Waals surface area (Å²) in [6, 6.07) is 9.36. The van der Waals surface area contributed by atoms with Crippen LogP contribution >= 0.6 is 0 Å². The van der Waals surface area contributed by atoms with Gasteiger partial charge in [0.2, 0.25) is 11.8 Å². The summed E-state index contributed by atoms with van der Waals surface area (Å²) in [5.41, 5.74) is 2.99.